The lowest BCUT2D eigenvalue weighted by molar-refractivity contribution is -0.0433. The summed E-state index contributed by atoms with van der Waals surface area (Å²) >= 11 is 0. The van der Waals surface area contributed by atoms with Gasteiger partial charge in [-0.3, -0.25) is 0 Å². The number of aromatic hydroxyl groups is 1. The van der Waals surface area contributed by atoms with Crippen molar-refractivity contribution in [3.8, 4) is 11.5 Å². The van der Waals surface area contributed by atoms with Crippen LogP contribution in [0.15, 0.2) is 103 Å². The molecule has 1 atom stereocenters. The van der Waals surface area contributed by atoms with E-state index in [9.17, 15) is 5.11 Å². The molecule has 5 rings (SSSR count). The molecule has 0 bridgehead atoms. The van der Waals surface area contributed by atoms with Crippen molar-refractivity contribution in [1.82, 2.24) is 0 Å². The van der Waals surface area contributed by atoms with E-state index in [1.807, 2.05) is 60.7 Å². The molecule has 154 valence electrons. The molecule has 4 aromatic rings. The molecule has 4 heteroatoms. The summed E-state index contributed by atoms with van der Waals surface area (Å²) in [6.45, 7) is 0. The first-order valence-corrected chi connectivity index (χ1v) is 10.2. The minimum atomic E-state index is -0.805. The maximum atomic E-state index is 10.1. The second-order valence-corrected chi connectivity index (χ2v) is 7.53. The molecule has 4 aromatic carbocycles. The number of nitrogens with one attached hydrogen (secondary N) is 1. The van der Waals surface area contributed by atoms with Crippen LogP contribution in [0, 0.1) is 0 Å². The van der Waals surface area contributed by atoms with Crippen molar-refractivity contribution in [3.63, 3.8) is 0 Å². The minimum Gasteiger partial charge on any atom is -0.504 e. The summed E-state index contributed by atoms with van der Waals surface area (Å²) in [5, 5.41) is 13.6. The Hall–Kier alpha value is -3.76. The number of rotatable bonds is 4. The third-order valence-corrected chi connectivity index (χ3v) is 5.75. The number of anilines is 1. The fourth-order valence-corrected chi connectivity index (χ4v) is 4.30. The molecule has 2 N–H and O–H groups in total. The minimum absolute atomic E-state index is 0.0971. The van der Waals surface area contributed by atoms with E-state index in [1.165, 1.54) is 0 Å². The second-order valence-electron chi connectivity index (χ2n) is 7.53. The molecule has 31 heavy (non-hydrogen) atoms. The summed E-state index contributed by atoms with van der Waals surface area (Å²) in [6.07, 6.45) is -0.454. The van der Waals surface area contributed by atoms with Gasteiger partial charge in [-0.15, -0.1) is 0 Å². The molecule has 0 radical (unpaired) electrons. The molecule has 0 saturated carbocycles. The van der Waals surface area contributed by atoms with E-state index in [4.69, 9.17) is 9.47 Å². The monoisotopic (exact) mass is 409 g/mol. The van der Waals surface area contributed by atoms with Gasteiger partial charge < -0.3 is 19.9 Å². The average Bonchev–Trinajstić information content (AvgIpc) is 2.84. The summed E-state index contributed by atoms with van der Waals surface area (Å²) in [6, 6.07) is 34.1. The van der Waals surface area contributed by atoms with E-state index in [1.54, 1.807) is 13.2 Å². The van der Waals surface area contributed by atoms with Gasteiger partial charge in [0.15, 0.2) is 17.7 Å². The van der Waals surface area contributed by atoms with Crippen LogP contribution in [0.1, 0.15) is 28.5 Å². The summed E-state index contributed by atoms with van der Waals surface area (Å²) in [5.41, 5.74) is 4.20. The van der Waals surface area contributed by atoms with E-state index < -0.39 is 11.8 Å². The van der Waals surface area contributed by atoms with Gasteiger partial charge in [0.1, 0.15) is 5.60 Å². The molecule has 0 aliphatic carbocycles. The average molecular weight is 409 g/mol. The highest BCUT2D eigenvalue weighted by atomic mass is 16.5. The summed E-state index contributed by atoms with van der Waals surface area (Å²) in [5.74, 6) is 0.506. The van der Waals surface area contributed by atoms with Crippen molar-refractivity contribution in [2.45, 2.75) is 11.8 Å². The first-order chi connectivity index (χ1) is 15.2. The smallest absolute Gasteiger partial charge is 0.160 e. The highest BCUT2D eigenvalue weighted by Gasteiger charge is 2.45. The Bertz CT molecular complexity index is 1150. The van der Waals surface area contributed by atoms with Gasteiger partial charge in [0.05, 0.1) is 7.11 Å². The van der Waals surface area contributed by atoms with Crippen LogP contribution in [0.5, 0.6) is 11.5 Å². The topological polar surface area (TPSA) is 50.7 Å². The second kappa shape index (κ2) is 7.82. The lowest BCUT2D eigenvalue weighted by Gasteiger charge is -2.44. The van der Waals surface area contributed by atoms with Crippen LogP contribution >= 0.6 is 0 Å². The Kier molecular flexibility index (Phi) is 4.85. The fourth-order valence-electron chi connectivity index (χ4n) is 4.30. The lowest BCUT2D eigenvalue weighted by Crippen LogP contribution is -2.40. The van der Waals surface area contributed by atoms with Crippen LogP contribution in [0.4, 0.5) is 5.69 Å². The number of ether oxygens (including phenoxy) is 2. The number of phenolic OH excluding ortho intramolecular Hbond substituents is 1. The van der Waals surface area contributed by atoms with Gasteiger partial charge in [0, 0.05) is 16.8 Å². The Morgan fingerprint density at radius 3 is 2.06 bits per heavy atom. The van der Waals surface area contributed by atoms with Crippen LogP contribution in [-0.4, -0.2) is 12.2 Å². The van der Waals surface area contributed by atoms with Crippen molar-refractivity contribution < 1.29 is 14.6 Å². The first kappa shape index (κ1) is 19.2. The molecule has 1 aliphatic heterocycles. The van der Waals surface area contributed by atoms with Crippen LogP contribution in [0.25, 0.3) is 0 Å². The molecule has 0 spiro atoms. The molecule has 1 aliphatic rings. The van der Waals surface area contributed by atoms with E-state index in [0.29, 0.717) is 5.75 Å². The predicted octanol–water partition coefficient (Wildman–Crippen LogP) is 5.83. The van der Waals surface area contributed by atoms with E-state index in [0.717, 1.165) is 27.9 Å². The maximum absolute atomic E-state index is 10.1. The van der Waals surface area contributed by atoms with Crippen molar-refractivity contribution in [2.75, 3.05) is 12.4 Å². The summed E-state index contributed by atoms with van der Waals surface area (Å²) < 4.78 is 12.3. The lowest BCUT2D eigenvalue weighted by atomic mass is 9.78. The van der Waals surface area contributed by atoms with Crippen molar-refractivity contribution >= 4 is 5.69 Å². The number of para-hydroxylation sites is 1. The highest BCUT2D eigenvalue weighted by molar-refractivity contribution is 5.64. The maximum Gasteiger partial charge on any atom is 0.160 e. The van der Waals surface area contributed by atoms with Gasteiger partial charge in [-0.05, 0) is 29.3 Å². The van der Waals surface area contributed by atoms with Crippen molar-refractivity contribution in [2.24, 2.45) is 0 Å². The van der Waals surface area contributed by atoms with Crippen LogP contribution in [-0.2, 0) is 10.3 Å². The molecule has 1 heterocycles. The number of hydrogen-bond acceptors (Lipinski definition) is 4. The van der Waals surface area contributed by atoms with Crippen LogP contribution < -0.4 is 10.1 Å². The number of methoxy groups -OCH3 is 1. The first-order valence-electron chi connectivity index (χ1n) is 10.2. The summed E-state index contributed by atoms with van der Waals surface area (Å²) in [4.78, 5) is 0. The number of hydrogen-bond donors (Lipinski definition) is 2. The van der Waals surface area contributed by atoms with Crippen molar-refractivity contribution in [3.05, 3.63) is 125 Å². The largest absolute Gasteiger partial charge is 0.504 e. The standard InChI is InChI=1S/C27H23NO3/c1-30-25-18-19(16-17-24(25)29)26-28-23-15-9-8-14-22(23)27(31-26,20-10-4-2-5-11-20)21-12-6-3-7-13-21/h2-18,26,28-29H,1H3. The van der Waals surface area contributed by atoms with Gasteiger partial charge in [-0.25, -0.2) is 0 Å². The molecular weight excluding hydrogens is 386 g/mol. The quantitative estimate of drug-likeness (QED) is 0.445. The number of phenols is 1. The zero-order valence-corrected chi connectivity index (χ0v) is 17.2. The molecule has 4 nitrogen and oxygen atoms in total. The number of fused-ring (bicyclic) bond motifs is 1. The third-order valence-electron chi connectivity index (χ3n) is 5.75. The number of benzene rings is 4. The molecule has 1 unspecified atom stereocenters. The van der Waals surface area contributed by atoms with Gasteiger partial charge in [0.2, 0.25) is 0 Å². The van der Waals surface area contributed by atoms with E-state index >= 15 is 0 Å². The highest BCUT2D eigenvalue weighted by Crippen LogP contribution is 2.50. The Morgan fingerprint density at radius 2 is 1.42 bits per heavy atom. The van der Waals surface area contributed by atoms with E-state index in [2.05, 4.69) is 41.7 Å². The molecule has 0 saturated heterocycles. The van der Waals surface area contributed by atoms with Gasteiger partial charge >= 0.3 is 0 Å². The summed E-state index contributed by atoms with van der Waals surface area (Å²) in [7, 11) is 1.54. The van der Waals surface area contributed by atoms with Crippen LogP contribution in [0.3, 0.4) is 0 Å². The SMILES string of the molecule is COc1cc(C2Nc3ccccc3C(c3ccccc3)(c3ccccc3)O2)ccc1O. The van der Waals surface area contributed by atoms with E-state index in [-0.39, 0.29) is 5.75 Å². The van der Waals surface area contributed by atoms with Crippen molar-refractivity contribution in [1.29, 1.82) is 0 Å². The molecule has 0 fully saturated rings. The molecule has 0 aromatic heterocycles. The van der Waals surface area contributed by atoms with Gasteiger partial charge in [0.25, 0.3) is 0 Å². The zero-order valence-electron chi connectivity index (χ0n) is 17.2. The Labute approximate surface area is 181 Å². The molecular formula is C27H23NO3. The molecule has 0 amide bonds. The normalized spacial score (nSPS) is 16.7. The predicted molar refractivity (Wildman–Crippen MR) is 121 cm³/mol. The van der Waals surface area contributed by atoms with Gasteiger partial charge in [-0.2, -0.15) is 0 Å². The Morgan fingerprint density at radius 1 is 0.806 bits per heavy atom. The zero-order chi connectivity index (χ0) is 21.3. The van der Waals surface area contributed by atoms with Crippen LogP contribution in [0.2, 0.25) is 0 Å². The third kappa shape index (κ3) is 3.22. The fraction of sp³-hybridized carbons (Fsp3) is 0.111. The van der Waals surface area contributed by atoms with Gasteiger partial charge in [-0.1, -0.05) is 84.9 Å². The Balaban J connectivity index is 1.75.